The van der Waals surface area contributed by atoms with Crippen LogP contribution in [0.5, 0.6) is 23.0 Å². The number of carbonyl (C=O) groups is 1. The van der Waals surface area contributed by atoms with Gasteiger partial charge in [0.15, 0.2) is 23.0 Å². The van der Waals surface area contributed by atoms with Crippen LogP contribution in [0.4, 0.5) is 0 Å². The van der Waals surface area contributed by atoms with Gasteiger partial charge in [0.2, 0.25) is 0 Å². The summed E-state index contributed by atoms with van der Waals surface area (Å²) in [5, 5.41) is 10.4. The van der Waals surface area contributed by atoms with Crippen molar-refractivity contribution in [2.24, 2.45) is 11.8 Å². The minimum Gasteiger partial charge on any atom is -0.493 e. The van der Waals surface area contributed by atoms with Crippen LogP contribution < -0.4 is 18.9 Å². The van der Waals surface area contributed by atoms with Gasteiger partial charge in [0.25, 0.3) is 0 Å². The fourth-order valence-corrected chi connectivity index (χ4v) is 8.29. The molecule has 8 heteroatoms. The Morgan fingerprint density at radius 3 is 2.23 bits per heavy atom. The van der Waals surface area contributed by atoms with Gasteiger partial charge >= 0.3 is 5.97 Å². The number of carboxylic acid groups (broad SMARTS) is 1. The molecule has 0 aromatic heterocycles. The fourth-order valence-electron chi connectivity index (χ4n) is 8.29. The fraction of sp³-hybridized carbons (Fsp3) is 0.571. The second kappa shape index (κ2) is 13.2. The Kier molecular flexibility index (Phi) is 9.57. The molecule has 0 saturated heterocycles. The van der Waals surface area contributed by atoms with Crippen LogP contribution in [0, 0.1) is 11.8 Å². The van der Waals surface area contributed by atoms with E-state index >= 15 is 0 Å². The number of hydrogen-bond donors (Lipinski definition) is 1. The maximum atomic E-state index is 12.6. The molecule has 1 spiro atoms. The molecule has 0 radical (unpaired) electrons. The zero-order valence-electron chi connectivity index (χ0n) is 26.5. The van der Waals surface area contributed by atoms with E-state index in [0.717, 1.165) is 75.5 Å². The summed E-state index contributed by atoms with van der Waals surface area (Å²) in [4.78, 5) is 17.9. The molecule has 2 heterocycles. The number of methoxy groups -OCH3 is 4. The SMILES string of the molecule is C=CCCCN1CCc2cc(OC)c(OC)cc2C12CCC(C(=O)O)CC2C1c2cc(OC)c(OC)cc2CCN1CC. The second-order valence-corrected chi connectivity index (χ2v) is 12.1. The Bertz CT molecular complexity index is 1330. The van der Waals surface area contributed by atoms with Gasteiger partial charge in [0.05, 0.1) is 39.9 Å². The van der Waals surface area contributed by atoms with Gasteiger partial charge < -0.3 is 24.1 Å². The second-order valence-electron chi connectivity index (χ2n) is 12.1. The summed E-state index contributed by atoms with van der Waals surface area (Å²) in [6.45, 7) is 9.80. The van der Waals surface area contributed by atoms with Crippen LogP contribution in [0.1, 0.15) is 67.3 Å². The van der Waals surface area contributed by atoms with Crippen molar-refractivity contribution in [3.63, 3.8) is 0 Å². The molecule has 1 fully saturated rings. The van der Waals surface area contributed by atoms with E-state index in [9.17, 15) is 9.90 Å². The van der Waals surface area contributed by atoms with Crippen molar-refractivity contribution in [1.82, 2.24) is 9.80 Å². The largest absolute Gasteiger partial charge is 0.493 e. The van der Waals surface area contributed by atoms with E-state index in [-0.39, 0.29) is 17.5 Å². The van der Waals surface area contributed by atoms with Gasteiger partial charge in [-0.2, -0.15) is 0 Å². The molecule has 4 unspecified atom stereocenters. The van der Waals surface area contributed by atoms with E-state index in [1.807, 2.05) is 6.08 Å². The van der Waals surface area contributed by atoms with Crippen molar-refractivity contribution < 1.29 is 28.8 Å². The first kappa shape index (κ1) is 31.2. The van der Waals surface area contributed by atoms with E-state index in [0.29, 0.717) is 18.6 Å². The van der Waals surface area contributed by atoms with E-state index in [4.69, 9.17) is 18.9 Å². The number of fused-ring (bicyclic) bond motifs is 3. The highest BCUT2D eigenvalue weighted by Crippen LogP contribution is 2.58. The van der Waals surface area contributed by atoms with Crippen LogP contribution >= 0.6 is 0 Å². The van der Waals surface area contributed by atoms with Gasteiger partial charge in [-0.15, -0.1) is 6.58 Å². The minimum atomic E-state index is -0.701. The third-order valence-corrected chi connectivity index (χ3v) is 10.3. The summed E-state index contributed by atoms with van der Waals surface area (Å²) < 4.78 is 23.1. The first-order valence-corrected chi connectivity index (χ1v) is 15.7. The number of benzene rings is 2. The monoisotopic (exact) mass is 592 g/mol. The number of ether oxygens (including phenoxy) is 4. The van der Waals surface area contributed by atoms with Gasteiger partial charge in [-0.3, -0.25) is 14.6 Å². The Labute approximate surface area is 256 Å². The van der Waals surface area contributed by atoms with E-state index in [1.165, 1.54) is 22.3 Å². The molecule has 3 aliphatic rings. The van der Waals surface area contributed by atoms with Gasteiger partial charge in [-0.25, -0.2) is 0 Å². The number of nitrogens with zero attached hydrogens (tertiary/aromatic N) is 2. The Balaban J connectivity index is 1.77. The molecule has 1 aliphatic carbocycles. The van der Waals surface area contributed by atoms with Crippen molar-refractivity contribution in [2.75, 3.05) is 54.6 Å². The van der Waals surface area contributed by atoms with Crippen molar-refractivity contribution in [3.05, 3.63) is 59.2 Å². The first-order valence-electron chi connectivity index (χ1n) is 15.7. The van der Waals surface area contributed by atoms with Gasteiger partial charge in [0.1, 0.15) is 0 Å². The summed E-state index contributed by atoms with van der Waals surface area (Å²) in [5.74, 6) is 1.81. The van der Waals surface area contributed by atoms with Crippen LogP contribution in [0.2, 0.25) is 0 Å². The smallest absolute Gasteiger partial charge is 0.306 e. The number of hydrogen-bond acceptors (Lipinski definition) is 7. The zero-order chi connectivity index (χ0) is 30.7. The molecular formula is C35H48N2O6. The lowest BCUT2D eigenvalue weighted by atomic mass is 9.58. The van der Waals surface area contributed by atoms with Gasteiger partial charge in [0, 0.05) is 25.0 Å². The standard InChI is InChI=1S/C35H48N2O6/c1-7-9-10-15-37-17-13-24-20-30(41-4)32(43-6)22-27(24)35(37)14-11-25(34(38)39)18-28(35)33-26-21-31(42-5)29(40-3)19-23(26)12-16-36(33)8-2/h7,19-22,25,28,33H,1,8-18H2,2-6H3,(H,38,39). The normalized spacial score (nSPS) is 25.5. The maximum absolute atomic E-state index is 12.6. The minimum absolute atomic E-state index is 0.0108. The zero-order valence-corrected chi connectivity index (χ0v) is 26.5. The molecule has 2 aromatic rings. The molecule has 234 valence electrons. The lowest BCUT2D eigenvalue weighted by Crippen LogP contribution is -2.61. The van der Waals surface area contributed by atoms with Crippen LogP contribution in [0.15, 0.2) is 36.9 Å². The van der Waals surface area contributed by atoms with Crippen molar-refractivity contribution in [1.29, 1.82) is 0 Å². The van der Waals surface area contributed by atoms with Crippen LogP contribution in [0.25, 0.3) is 0 Å². The summed E-state index contributed by atoms with van der Waals surface area (Å²) >= 11 is 0. The molecule has 1 saturated carbocycles. The Hall–Kier alpha value is -3.23. The molecule has 2 aromatic carbocycles. The highest BCUT2D eigenvalue weighted by atomic mass is 16.5. The third kappa shape index (κ3) is 5.48. The summed E-state index contributed by atoms with van der Waals surface area (Å²) in [6.07, 6.45) is 7.75. The van der Waals surface area contributed by atoms with Crippen LogP contribution in [0.3, 0.4) is 0 Å². The molecule has 5 rings (SSSR count). The van der Waals surface area contributed by atoms with E-state index < -0.39 is 11.9 Å². The van der Waals surface area contributed by atoms with Crippen LogP contribution in [-0.2, 0) is 23.2 Å². The molecular weight excluding hydrogens is 544 g/mol. The highest BCUT2D eigenvalue weighted by Gasteiger charge is 2.56. The molecule has 4 atom stereocenters. The Morgan fingerprint density at radius 2 is 1.60 bits per heavy atom. The molecule has 1 N–H and O–H groups in total. The Morgan fingerprint density at radius 1 is 0.977 bits per heavy atom. The highest BCUT2D eigenvalue weighted by molar-refractivity contribution is 5.70. The lowest BCUT2D eigenvalue weighted by molar-refractivity contribution is -0.148. The maximum Gasteiger partial charge on any atom is 0.306 e. The molecule has 8 nitrogen and oxygen atoms in total. The molecule has 2 aliphatic heterocycles. The van der Waals surface area contributed by atoms with Crippen LogP contribution in [-0.4, -0.2) is 75.5 Å². The van der Waals surface area contributed by atoms with Crippen molar-refractivity contribution in [3.8, 4) is 23.0 Å². The first-order chi connectivity index (χ1) is 20.9. The number of aliphatic carboxylic acids is 1. The topological polar surface area (TPSA) is 80.7 Å². The summed E-state index contributed by atoms with van der Waals surface area (Å²) in [6, 6.07) is 8.63. The summed E-state index contributed by atoms with van der Waals surface area (Å²) in [5.41, 5.74) is 4.62. The van der Waals surface area contributed by atoms with Gasteiger partial charge in [-0.05, 0) is 105 Å². The average molecular weight is 593 g/mol. The van der Waals surface area contributed by atoms with Gasteiger partial charge in [-0.1, -0.05) is 13.0 Å². The lowest BCUT2D eigenvalue weighted by Gasteiger charge is -2.59. The summed E-state index contributed by atoms with van der Waals surface area (Å²) in [7, 11) is 6.74. The number of carboxylic acids is 1. The number of allylic oxidation sites excluding steroid dienone is 1. The van der Waals surface area contributed by atoms with Crippen molar-refractivity contribution in [2.45, 2.75) is 63.5 Å². The van der Waals surface area contributed by atoms with E-state index in [1.54, 1.807) is 28.4 Å². The third-order valence-electron chi connectivity index (χ3n) is 10.3. The predicted octanol–water partition coefficient (Wildman–Crippen LogP) is 5.86. The predicted molar refractivity (Wildman–Crippen MR) is 168 cm³/mol. The number of likely N-dealkylation sites (N-methyl/N-ethyl adjacent to an activating group) is 1. The average Bonchev–Trinajstić information content (AvgIpc) is 3.04. The molecule has 0 amide bonds. The van der Waals surface area contributed by atoms with E-state index in [2.05, 4.69) is 47.6 Å². The van der Waals surface area contributed by atoms with Crippen molar-refractivity contribution >= 4 is 5.97 Å². The quantitative estimate of drug-likeness (QED) is 0.257. The molecule has 43 heavy (non-hydrogen) atoms. The number of rotatable bonds is 11. The number of unbranched alkanes of at least 4 members (excludes halogenated alkanes) is 1. The molecule has 0 bridgehead atoms.